The molecular formula is C15H23N3. The van der Waals surface area contributed by atoms with Gasteiger partial charge in [-0.25, -0.2) is 9.97 Å². The van der Waals surface area contributed by atoms with Crippen LogP contribution in [-0.2, 0) is 0 Å². The van der Waals surface area contributed by atoms with Crippen LogP contribution in [0.25, 0.3) is 0 Å². The van der Waals surface area contributed by atoms with Crippen LogP contribution in [0.2, 0.25) is 0 Å². The number of nitrogens with zero attached hydrogens (tertiary/aromatic N) is 3. The fraction of sp³-hybridized carbons (Fsp3) is 0.733. The average Bonchev–Trinajstić information content (AvgIpc) is 2.93. The van der Waals surface area contributed by atoms with E-state index in [2.05, 4.69) is 20.9 Å². The molecule has 18 heavy (non-hydrogen) atoms. The van der Waals surface area contributed by atoms with Gasteiger partial charge in [-0.2, -0.15) is 0 Å². The SMILES string of the molecule is Cc1nccc(C2CCCN(C3CCCC3)C2)n1. The number of hydrogen-bond acceptors (Lipinski definition) is 3. The Balaban J connectivity index is 1.69. The first-order valence-corrected chi connectivity index (χ1v) is 7.36. The summed E-state index contributed by atoms with van der Waals surface area (Å²) in [5, 5.41) is 0. The van der Waals surface area contributed by atoms with E-state index < -0.39 is 0 Å². The molecular weight excluding hydrogens is 222 g/mol. The molecule has 3 rings (SSSR count). The molecule has 1 aromatic heterocycles. The molecule has 1 aliphatic heterocycles. The molecule has 3 nitrogen and oxygen atoms in total. The van der Waals surface area contributed by atoms with Gasteiger partial charge >= 0.3 is 0 Å². The smallest absolute Gasteiger partial charge is 0.125 e. The molecule has 1 aliphatic carbocycles. The summed E-state index contributed by atoms with van der Waals surface area (Å²) in [6.45, 7) is 4.49. The van der Waals surface area contributed by atoms with Crippen molar-refractivity contribution in [1.29, 1.82) is 0 Å². The number of hydrogen-bond donors (Lipinski definition) is 0. The molecule has 2 fully saturated rings. The summed E-state index contributed by atoms with van der Waals surface area (Å²) in [5.41, 5.74) is 1.25. The highest BCUT2D eigenvalue weighted by Crippen LogP contribution is 2.31. The first-order valence-electron chi connectivity index (χ1n) is 7.36. The van der Waals surface area contributed by atoms with Gasteiger partial charge in [0.05, 0.1) is 0 Å². The maximum Gasteiger partial charge on any atom is 0.125 e. The summed E-state index contributed by atoms with van der Waals surface area (Å²) >= 11 is 0. The molecule has 0 spiro atoms. The van der Waals surface area contributed by atoms with Gasteiger partial charge < -0.3 is 0 Å². The van der Waals surface area contributed by atoms with Gasteiger partial charge in [-0.15, -0.1) is 0 Å². The summed E-state index contributed by atoms with van der Waals surface area (Å²) in [6.07, 6.45) is 10.2. The van der Waals surface area contributed by atoms with Gasteiger partial charge in [0.2, 0.25) is 0 Å². The van der Waals surface area contributed by atoms with E-state index in [0.717, 1.165) is 11.9 Å². The fourth-order valence-corrected chi connectivity index (χ4v) is 3.55. The van der Waals surface area contributed by atoms with Crippen molar-refractivity contribution in [1.82, 2.24) is 14.9 Å². The number of piperidine rings is 1. The minimum absolute atomic E-state index is 0.626. The summed E-state index contributed by atoms with van der Waals surface area (Å²) in [4.78, 5) is 11.5. The normalized spacial score (nSPS) is 26.6. The van der Waals surface area contributed by atoms with Crippen LogP contribution in [0.4, 0.5) is 0 Å². The van der Waals surface area contributed by atoms with Crippen LogP contribution in [-0.4, -0.2) is 34.0 Å². The van der Waals surface area contributed by atoms with Crippen LogP contribution in [0.15, 0.2) is 12.3 Å². The molecule has 0 bridgehead atoms. The van der Waals surface area contributed by atoms with Crippen molar-refractivity contribution < 1.29 is 0 Å². The van der Waals surface area contributed by atoms with Crippen LogP contribution in [0, 0.1) is 6.92 Å². The van der Waals surface area contributed by atoms with E-state index >= 15 is 0 Å². The Labute approximate surface area is 110 Å². The number of likely N-dealkylation sites (tertiary alicyclic amines) is 1. The second kappa shape index (κ2) is 5.35. The largest absolute Gasteiger partial charge is 0.300 e. The Morgan fingerprint density at radius 1 is 1.17 bits per heavy atom. The van der Waals surface area contributed by atoms with E-state index in [1.165, 1.54) is 57.3 Å². The Morgan fingerprint density at radius 3 is 2.78 bits per heavy atom. The average molecular weight is 245 g/mol. The van der Waals surface area contributed by atoms with Gasteiger partial charge in [0.25, 0.3) is 0 Å². The van der Waals surface area contributed by atoms with Gasteiger partial charge in [0.15, 0.2) is 0 Å². The monoisotopic (exact) mass is 245 g/mol. The van der Waals surface area contributed by atoms with Crippen LogP contribution in [0.5, 0.6) is 0 Å². The van der Waals surface area contributed by atoms with Gasteiger partial charge in [-0.1, -0.05) is 12.8 Å². The van der Waals surface area contributed by atoms with Crippen LogP contribution in [0.3, 0.4) is 0 Å². The molecule has 3 heteroatoms. The number of aryl methyl sites for hydroxylation is 1. The molecule has 1 aromatic rings. The van der Waals surface area contributed by atoms with E-state index in [4.69, 9.17) is 0 Å². The zero-order chi connectivity index (χ0) is 12.4. The molecule has 1 saturated carbocycles. The van der Waals surface area contributed by atoms with Crippen LogP contribution < -0.4 is 0 Å². The minimum atomic E-state index is 0.626. The van der Waals surface area contributed by atoms with E-state index in [9.17, 15) is 0 Å². The first-order chi connectivity index (χ1) is 8.83. The predicted molar refractivity (Wildman–Crippen MR) is 72.6 cm³/mol. The highest BCUT2D eigenvalue weighted by Gasteiger charge is 2.28. The quantitative estimate of drug-likeness (QED) is 0.802. The second-order valence-electron chi connectivity index (χ2n) is 5.80. The summed E-state index contributed by atoms with van der Waals surface area (Å²) in [6, 6.07) is 2.96. The predicted octanol–water partition coefficient (Wildman–Crippen LogP) is 2.91. The molecule has 2 aliphatic rings. The summed E-state index contributed by atoms with van der Waals surface area (Å²) in [7, 11) is 0. The van der Waals surface area contributed by atoms with Crippen LogP contribution >= 0.6 is 0 Å². The van der Waals surface area contributed by atoms with Gasteiger partial charge in [0.1, 0.15) is 5.82 Å². The van der Waals surface area contributed by atoms with E-state index in [-0.39, 0.29) is 0 Å². The summed E-state index contributed by atoms with van der Waals surface area (Å²) in [5.74, 6) is 1.53. The Morgan fingerprint density at radius 2 is 2.00 bits per heavy atom. The third-order valence-electron chi connectivity index (χ3n) is 4.51. The standard InChI is InChI=1S/C15H23N3/c1-12-16-9-8-15(17-12)13-5-4-10-18(11-13)14-6-2-3-7-14/h8-9,13-14H,2-7,10-11H2,1H3. The lowest BCUT2D eigenvalue weighted by atomic mass is 9.93. The molecule has 0 radical (unpaired) electrons. The van der Waals surface area contributed by atoms with Crippen molar-refractivity contribution in [2.75, 3.05) is 13.1 Å². The zero-order valence-electron chi connectivity index (χ0n) is 11.3. The Hall–Kier alpha value is -0.960. The van der Waals surface area contributed by atoms with Crippen molar-refractivity contribution in [3.63, 3.8) is 0 Å². The third kappa shape index (κ3) is 2.56. The number of rotatable bonds is 2. The molecule has 1 saturated heterocycles. The second-order valence-corrected chi connectivity index (χ2v) is 5.80. The molecule has 1 atom stereocenters. The topological polar surface area (TPSA) is 29.0 Å². The minimum Gasteiger partial charge on any atom is -0.300 e. The lowest BCUT2D eigenvalue weighted by Gasteiger charge is -2.36. The Kier molecular flexibility index (Phi) is 3.59. The van der Waals surface area contributed by atoms with Gasteiger partial charge in [-0.05, 0) is 45.2 Å². The molecule has 2 heterocycles. The highest BCUT2D eigenvalue weighted by molar-refractivity contribution is 5.10. The van der Waals surface area contributed by atoms with Crippen LogP contribution in [0.1, 0.15) is 56.0 Å². The molecule has 0 aromatic carbocycles. The zero-order valence-corrected chi connectivity index (χ0v) is 11.3. The van der Waals surface area contributed by atoms with E-state index in [1.807, 2.05) is 13.1 Å². The molecule has 0 amide bonds. The third-order valence-corrected chi connectivity index (χ3v) is 4.51. The van der Waals surface area contributed by atoms with Gasteiger partial charge in [0, 0.05) is 30.4 Å². The number of aromatic nitrogens is 2. The Bertz CT molecular complexity index is 398. The lowest BCUT2D eigenvalue weighted by molar-refractivity contribution is 0.149. The first kappa shape index (κ1) is 12.1. The van der Waals surface area contributed by atoms with Crippen molar-refractivity contribution >= 4 is 0 Å². The van der Waals surface area contributed by atoms with Crippen molar-refractivity contribution in [3.05, 3.63) is 23.8 Å². The molecule has 1 unspecified atom stereocenters. The summed E-state index contributed by atoms with van der Waals surface area (Å²) < 4.78 is 0. The van der Waals surface area contributed by atoms with E-state index in [0.29, 0.717) is 5.92 Å². The maximum absolute atomic E-state index is 4.62. The lowest BCUT2D eigenvalue weighted by Crippen LogP contribution is -2.40. The van der Waals surface area contributed by atoms with Crippen molar-refractivity contribution in [2.45, 2.75) is 57.4 Å². The van der Waals surface area contributed by atoms with Crippen molar-refractivity contribution in [3.8, 4) is 0 Å². The maximum atomic E-state index is 4.62. The highest BCUT2D eigenvalue weighted by atomic mass is 15.2. The van der Waals surface area contributed by atoms with Gasteiger partial charge in [-0.3, -0.25) is 4.90 Å². The fourth-order valence-electron chi connectivity index (χ4n) is 3.55. The van der Waals surface area contributed by atoms with Crippen molar-refractivity contribution in [2.24, 2.45) is 0 Å². The molecule has 98 valence electrons. The van der Waals surface area contributed by atoms with E-state index in [1.54, 1.807) is 0 Å². The molecule has 0 N–H and O–H groups in total.